The van der Waals surface area contributed by atoms with Gasteiger partial charge in [0.2, 0.25) is 5.91 Å². The fourth-order valence-electron chi connectivity index (χ4n) is 3.53. The maximum atomic E-state index is 12.5. The number of carbonyl (C=O) groups is 1. The number of nitrogens with two attached hydrogens (primary N) is 1. The molecule has 3 unspecified atom stereocenters. The van der Waals surface area contributed by atoms with Crippen LogP contribution in [0.15, 0.2) is 16.9 Å². The van der Waals surface area contributed by atoms with E-state index in [0.29, 0.717) is 5.82 Å². The van der Waals surface area contributed by atoms with Crippen molar-refractivity contribution in [1.82, 2.24) is 5.16 Å². The van der Waals surface area contributed by atoms with Gasteiger partial charge in [-0.15, -0.1) is 0 Å². The van der Waals surface area contributed by atoms with E-state index in [1.165, 1.54) is 6.26 Å². The van der Waals surface area contributed by atoms with Gasteiger partial charge in [0.1, 0.15) is 11.8 Å². The van der Waals surface area contributed by atoms with E-state index in [4.69, 9.17) is 15.0 Å². The van der Waals surface area contributed by atoms with Crippen LogP contribution < -0.4 is 11.1 Å². The Kier molecular flexibility index (Phi) is 2.69. The molecule has 0 bridgehead atoms. The van der Waals surface area contributed by atoms with Crippen LogP contribution in [0.5, 0.6) is 0 Å². The van der Waals surface area contributed by atoms with Crippen molar-refractivity contribution in [2.45, 2.75) is 38.3 Å². The molecular weight excluding hydrogens is 246 g/mol. The van der Waals surface area contributed by atoms with Gasteiger partial charge in [0.25, 0.3) is 0 Å². The van der Waals surface area contributed by atoms with Crippen LogP contribution in [0, 0.1) is 11.3 Å². The molecule has 0 spiro atoms. The Bertz CT molecular complexity index is 485. The molecule has 19 heavy (non-hydrogen) atoms. The lowest BCUT2D eigenvalue weighted by Crippen LogP contribution is -2.81. The number of amides is 1. The Balaban J connectivity index is 1.83. The van der Waals surface area contributed by atoms with Gasteiger partial charge in [0, 0.05) is 24.0 Å². The normalized spacial score (nSPS) is 36.2. The van der Waals surface area contributed by atoms with Crippen LogP contribution in [0.1, 0.15) is 26.7 Å². The summed E-state index contributed by atoms with van der Waals surface area (Å²) in [5.74, 6) is 0.257. The van der Waals surface area contributed by atoms with E-state index in [0.717, 1.165) is 19.4 Å². The summed E-state index contributed by atoms with van der Waals surface area (Å²) in [5.41, 5.74) is 5.14. The number of hydrogen-bond acceptors (Lipinski definition) is 5. The fraction of sp³-hybridized carbons (Fsp3) is 0.692. The third kappa shape index (κ3) is 1.56. The Morgan fingerprint density at radius 3 is 3.05 bits per heavy atom. The lowest BCUT2D eigenvalue weighted by atomic mass is 9.46. The lowest BCUT2D eigenvalue weighted by Gasteiger charge is -2.65. The van der Waals surface area contributed by atoms with Crippen LogP contribution in [0.4, 0.5) is 5.82 Å². The Labute approximate surface area is 111 Å². The maximum absolute atomic E-state index is 12.5. The number of nitrogens with zero attached hydrogens (tertiary/aromatic N) is 1. The first kappa shape index (κ1) is 12.6. The molecule has 2 fully saturated rings. The highest BCUT2D eigenvalue weighted by atomic mass is 16.5. The summed E-state index contributed by atoms with van der Waals surface area (Å²) in [6.07, 6.45) is 3.36. The first-order valence-corrected chi connectivity index (χ1v) is 6.60. The van der Waals surface area contributed by atoms with E-state index in [9.17, 15) is 4.79 Å². The Hall–Kier alpha value is -1.40. The molecule has 1 saturated heterocycles. The molecule has 3 N–H and O–H groups in total. The van der Waals surface area contributed by atoms with E-state index >= 15 is 0 Å². The molecule has 2 heterocycles. The van der Waals surface area contributed by atoms with E-state index < -0.39 is 5.54 Å². The van der Waals surface area contributed by atoms with Crippen molar-refractivity contribution in [1.29, 1.82) is 0 Å². The maximum Gasteiger partial charge on any atom is 0.246 e. The van der Waals surface area contributed by atoms with Crippen LogP contribution in [0.2, 0.25) is 0 Å². The van der Waals surface area contributed by atoms with Gasteiger partial charge in [-0.3, -0.25) is 4.79 Å². The number of ether oxygens (including phenoxy) is 1. The minimum atomic E-state index is -0.920. The fourth-order valence-corrected chi connectivity index (χ4v) is 3.53. The highest BCUT2D eigenvalue weighted by molar-refractivity contribution is 5.99. The third-order valence-corrected chi connectivity index (χ3v) is 4.74. The molecule has 104 valence electrons. The number of nitrogens with one attached hydrogen (secondary N) is 1. The average molecular weight is 265 g/mol. The van der Waals surface area contributed by atoms with Crippen LogP contribution >= 0.6 is 0 Å². The minimum Gasteiger partial charge on any atom is -0.377 e. The van der Waals surface area contributed by atoms with Crippen molar-refractivity contribution in [2.24, 2.45) is 17.1 Å². The molecule has 3 rings (SSSR count). The monoisotopic (exact) mass is 265 g/mol. The van der Waals surface area contributed by atoms with Crippen LogP contribution in [-0.4, -0.2) is 29.3 Å². The van der Waals surface area contributed by atoms with Crippen molar-refractivity contribution >= 4 is 11.7 Å². The number of anilines is 1. The summed E-state index contributed by atoms with van der Waals surface area (Å²) in [7, 11) is 0. The quantitative estimate of drug-likeness (QED) is 0.837. The second kappa shape index (κ2) is 4.05. The van der Waals surface area contributed by atoms with Crippen molar-refractivity contribution in [3.05, 3.63) is 12.3 Å². The Morgan fingerprint density at radius 2 is 2.37 bits per heavy atom. The molecule has 3 atom stereocenters. The first-order chi connectivity index (χ1) is 8.98. The zero-order valence-electron chi connectivity index (χ0n) is 11.2. The number of fused-ring (bicyclic) bond motifs is 1. The average Bonchev–Trinajstić information content (AvgIpc) is 2.90. The molecule has 6 heteroatoms. The van der Waals surface area contributed by atoms with Gasteiger partial charge >= 0.3 is 0 Å². The van der Waals surface area contributed by atoms with Gasteiger partial charge < -0.3 is 20.3 Å². The predicted molar refractivity (Wildman–Crippen MR) is 68.3 cm³/mol. The van der Waals surface area contributed by atoms with E-state index in [2.05, 4.69) is 10.5 Å². The van der Waals surface area contributed by atoms with E-state index in [-0.39, 0.29) is 23.3 Å². The predicted octanol–water partition coefficient (Wildman–Crippen LogP) is 1.15. The summed E-state index contributed by atoms with van der Waals surface area (Å²) in [5, 5.41) is 6.41. The molecule has 1 aromatic heterocycles. The third-order valence-electron chi connectivity index (χ3n) is 4.74. The molecule has 2 aliphatic rings. The van der Waals surface area contributed by atoms with Gasteiger partial charge in [0.05, 0.1) is 6.10 Å². The molecule has 0 radical (unpaired) electrons. The zero-order chi connectivity index (χ0) is 13.7. The summed E-state index contributed by atoms with van der Waals surface area (Å²) >= 11 is 0. The molecule has 6 nitrogen and oxygen atoms in total. The van der Waals surface area contributed by atoms with Gasteiger partial charge in [-0.05, 0) is 12.8 Å². The van der Waals surface area contributed by atoms with Crippen molar-refractivity contribution in [3.8, 4) is 0 Å². The van der Waals surface area contributed by atoms with Crippen LogP contribution in [0.25, 0.3) is 0 Å². The molecule has 1 aromatic rings. The van der Waals surface area contributed by atoms with Crippen molar-refractivity contribution < 1.29 is 14.1 Å². The SMILES string of the molecule is CC1(C)C2OCCCC2C1(N)C(=O)Nc1ccon1. The van der Waals surface area contributed by atoms with Gasteiger partial charge in [-0.2, -0.15) is 0 Å². The lowest BCUT2D eigenvalue weighted by molar-refractivity contribution is -0.222. The zero-order valence-corrected chi connectivity index (χ0v) is 11.2. The van der Waals surface area contributed by atoms with Gasteiger partial charge in [-0.25, -0.2) is 0 Å². The van der Waals surface area contributed by atoms with Gasteiger partial charge in [0.15, 0.2) is 5.82 Å². The first-order valence-electron chi connectivity index (χ1n) is 6.60. The molecule has 1 saturated carbocycles. The number of aromatic nitrogens is 1. The molecule has 0 aromatic carbocycles. The topological polar surface area (TPSA) is 90.4 Å². The van der Waals surface area contributed by atoms with Crippen LogP contribution in [0.3, 0.4) is 0 Å². The van der Waals surface area contributed by atoms with Crippen molar-refractivity contribution in [3.63, 3.8) is 0 Å². The summed E-state index contributed by atoms with van der Waals surface area (Å²) < 4.78 is 10.5. The second-order valence-electron chi connectivity index (χ2n) is 5.97. The smallest absolute Gasteiger partial charge is 0.246 e. The Morgan fingerprint density at radius 1 is 1.58 bits per heavy atom. The van der Waals surface area contributed by atoms with E-state index in [1.54, 1.807) is 6.07 Å². The van der Waals surface area contributed by atoms with E-state index in [1.807, 2.05) is 13.8 Å². The molecule has 1 aliphatic heterocycles. The molecule has 1 amide bonds. The standard InChI is InChI=1S/C13H19N3O3/c1-12(2)10-8(4-3-6-18-10)13(12,14)11(17)15-9-5-7-19-16-9/h5,7-8,10H,3-4,6,14H2,1-2H3,(H,15,16,17). The highest BCUT2D eigenvalue weighted by Crippen LogP contribution is 2.57. The minimum absolute atomic E-state index is 0.0642. The van der Waals surface area contributed by atoms with Gasteiger partial charge in [-0.1, -0.05) is 19.0 Å². The number of carbonyl (C=O) groups excluding carboxylic acids is 1. The summed E-state index contributed by atoms with van der Waals surface area (Å²) in [6.45, 7) is 4.73. The summed E-state index contributed by atoms with van der Waals surface area (Å²) in [6, 6.07) is 1.60. The second-order valence-corrected chi connectivity index (χ2v) is 5.97. The number of rotatable bonds is 2. The highest BCUT2D eigenvalue weighted by Gasteiger charge is 2.70. The largest absolute Gasteiger partial charge is 0.377 e. The summed E-state index contributed by atoms with van der Waals surface area (Å²) in [4.78, 5) is 12.5. The molecular formula is C13H19N3O3. The van der Waals surface area contributed by atoms with Crippen molar-refractivity contribution in [2.75, 3.05) is 11.9 Å². The number of hydrogen-bond donors (Lipinski definition) is 2. The molecule has 1 aliphatic carbocycles. The van der Waals surface area contributed by atoms with Crippen LogP contribution in [-0.2, 0) is 9.53 Å².